The summed E-state index contributed by atoms with van der Waals surface area (Å²) >= 11 is 0. The second-order valence-electron chi connectivity index (χ2n) is 38.3. The lowest BCUT2D eigenvalue weighted by Gasteiger charge is -2.09. The van der Waals surface area contributed by atoms with Crippen LogP contribution in [0.5, 0.6) is 40.2 Å². The van der Waals surface area contributed by atoms with Gasteiger partial charge in [-0.3, -0.25) is 14.8 Å². The maximum atomic E-state index is 12.5. The number of pyridine rings is 2. The minimum absolute atomic E-state index is 0.150. The molecule has 0 N–H and O–H groups in total. The van der Waals surface area contributed by atoms with E-state index in [2.05, 4.69) is 143 Å². The number of unbranched alkanes of at least 4 members (excludes halogenated alkanes) is 45. The Kier molecular flexibility index (Phi) is 70.2. The monoisotopic (exact) mass is 1940 g/mol. The molecule has 0 saturated heterocycles. The van der Waals surface area contributed by atoms with Crippen molar-refractivity contribution in [3.05, 3.63) is 259 Å². The van der Waals surface area contributed by atoms with Gasteiger partial charge in [0.1, 0.15) is 40.2 Å². The summed E-state index contributed by atoms with van der Waals surface area (Å²) in [6.07, 6.45) is 80.9. The Morgan fingerprint density at radius 3 is 0.817 bits per heavy atom. The second-order valence-corrected chi connectivity index (χ2v) is 38.3. The van der Waals surface area contributed by atoms with Crippen LogP contribution in [-0.4, -0.2) is 64.3 Å². The van der Waals surface area contributed by atoms with Gasteiger partial charge in [-0.05, 0) is 232 Å². The first-order valence-corrected chi connectivity index (χ1v) is 56.5. The zero-order valence-corrected chi connectivity index (χ0v) is 89.4. The molecule has 7 aromatic carbocycles. The van der Waals surface area contributed by atoms with Crippen LogP contribution in [0.3, 0.4) is 0 Å². The van der Waals surface area contributed by atoms with E-state index in [1.54, 1.807) is 48.8 Å². The van der Waals surface area contributed by atoms with Crippen LogP contribution in [0.1, 0.15) is 440 Å². The van der Waals surface area contributed by atoms with E-state index < -0.39 is 0 Å². The van der Waals surface area contributed by atoms with Crippen LogP contribution in [0.15, 0.2) is 231 Å². The van der Waals surface area contributed by atoms with Crippen LogP contribution in [0.4, 0.5) is 0 Å². The molecule has 142 heavy (non-hydrogen) atoms. The molecule has 0 aliphatic rings. The van der Waals surface area contributed by atoms with Crippen molar-refractivity contribution < 1.29 is 47.5 Å². The molecule has 0 unspecified atom stereocenters. The van der Waals surface area contributed by atoms with E-state index in [9.17, 15) is 14.4 Å². The number of aryl methyl sites for hydroxylation is 3. The molecular weight excluding hydrogens is 1750 g/mol. The third-order valence-electron chi connectivity index (χ3n) is 25.7. The number of aromatic nitrogens is 4. The molecule has 3 heterocycles. The van der Waals surface area contributed by atoms with Gasteiger partial charge in [-0.2, -0.15) is 0 Å². The first-order chi connectivity index (χ1) is 70.0. The van der Waals surface area contributed by atoms with Gasteiger partial charge in [-0.25, -0.2) is 19.6 Å². The van der Waals surface area contributed by atoms with E-state index >= 15 is 0 Å². The summed E-state index contributed by atoms with van der Waals surface area (Å²) in [5.74, 6) is 4.86. The number of rotatable bonds is 73. The van der Waals surface area contributed by atoms with Crippen LogP contribution in [0.2, 0.25) is 0 Å². The molecule has 0 atom stereocenters. The van der Waals surface area contributed by atoms with Crippen LogP contribution < -0.4 is 33.2 Å². The summed E-state index contributed by atoms with van der Waals surface area (Å²) in [6.45, 7) is 20.9. The molecule has 0 aliphatic heterocycles. The molecule has 0 amide bonds. The number of carbonyl (C=O) groups is 3. The van der Waals surface area contributed by atoms with Crippen LogP contribution in [0, 0.1) is 0 Å². The number of hydrogen-bond acceptors (Lipinski definition) is 14. The fraction of sp³-hybridized carbons (Fsp3) is 0.539. The van der Waals surface area contributed by atoms with Crippen LogP contribution in [0.25, 0.3) is 33.8 Å². The van der Waals surface area contributed by atoms with Crippen molar-refractivity contribution in [2.75, 3.05) is 26.4 Å². The summed E-state index contributed by atoms with van der Waals surface area (Å²) < 4.78 is 39.8. The second kappa shape index (κ2) is 82.9. The lowest BCUT2D eigenvalue weighted by Crippen LogP contribution is -2.08. The topological polar surface area (TPSA) is 167 Å². The highest BCUT2D eigenvalue weighted by Crippen LogP contribution is 2.30. The molecule has 10 aromatic rings. The number of hydrogen-bond donors (Lipinski definition) is 0. The quantitative estimate of drug-likeness (QED) is 0.0201. The van der Waals surface area contributed by atoms with Gasteiger partial charge in [0, 0.05) is 54.1 Å². The van der Waals surface area contributed by atoms with Gasteiger partial charge in [0.25, 0.3) is 0 Å². The Morgan fingerprint density at radius 2 is 0.486 bits per heavy atom. The maximum Gasteiger partial charge on any atom is 0.343 e. The van der Waals surface area contributed by atoms with Gasteiger partial charge in [0.2, 0.25) is 0 Å². The van der Waals surface area contributed by atoms with E-state index in [1.807, 2.05) is 110 Å². The zero-order valence-electron chi connectivity index (χ0n) is 89.4. The van der Waals surface area contributed by atoms with Crippen molar-refractivity contribution in [3.63, 3.8) is 0 Å². The lowest BCUT2D eigenvalue weighted by molar-refractivity contribution is -0.134. The number of esters is 3. The molecule has 3 aromatic heterocycles. The van der Waals surface area contributed by atoms with Gasteiger partial charge in [-0.15, -0.1) is 0 Å². The molecular formula is C128H184N4O10. The SMILES string of the molecule is CCCCCCCCCCOc1ccc(C(=O)Oc2ccc(OCCCCCCCC)cc2)cc1.CCCCCCCCCCc1ccc(C(=O)Oc2ccc(OCCCCCCCC)cc2)cc1.CCCCCCCCCCc1cnc(-c2ccc(OC(=O)CCCCCCCCC)cc2)nc1.CCCCCCCOc1ccc(-c2ccc(-c3ccc(CCCCCCC)cc3)nc2)cc1.c1ccncc1. The molecule has 14 nitrogen and oxygen atoms in total. The highest BCUT2D eigenvalue weighted by Gasteiger charge is 2.15. The summed E-state index contributed by atoms with van der Waals surface area (Å²) in [7, 11) is 0. The largest absolute Gasteiger partial charge is 0.494 e. The average molecular weight is 1940 g/mol. The van der Waals surface area contributed by atoms with Gasteiger partial charge < -0.3 is 33.2 Å². The molecule has 776 valence electrons. The molecule has 10 rings (SSSR count). The van der Waals surface area contributed by atoms with E-state index in [0.29, 0.717) is 47.2 Å². The predicted octanol–water partition coefficient (Wildman–Crippen LogP) is 37.7. The predicted molar refractivity (Wildman–Crippen MR) is 596 cm³/mol. The summed E-state index contributed by atoms with van der Waals surface area (Å²) in [6, 6.07) is 64.4. The van der Waals surface area contributed by atoms with Crippen molar-refractivity contribution in [2.24, 2.45) is 0 Å². The first-order valence-electron chi connectivity index (χ1n) is 56.5. The Hall–Kier alpha value is -10.5. The van der Waals surface area contributed by atoms with Crippen LogP contribution in [-0.2, 0) is 24.1 Å². The fourth-order valence-corrected chi connectivity index (χ4v) is 16.7. The first kappa shape index (κ1) is 120. The van der Waals surface area contributed by atoms with E-state index in [4.69, 9.17) is 38.1 Å². The van der Waals surface area contributed by atoms with Gasteiger partial charge in [0.15, 0.2) is 5.82 Å². The molecule has 0 fully saturated rings. The number of carbonyl (C=O) groups excluding carboxylic acids is 3. The highest BCUT2D eigenvalue weighted by molar-refractivity contribution is 5.92. The molecule has 14 heteroatoms. The zero-order chi connectivity index (χ0) is 101. The summed E-state index contributed by atoms with van der Waals surface area (Å²) in [5.41, 5.74) is 10.4. The molecule has 0 saturated carbocycles. The third kappa shape index (κ3) is 58.9. The van der Waals surface area contributed by atoms with Crippen molar-refractivity contribution >= 4 is 17.9 Å². The number of benzene rings is 7. The molecule has 0 radical (unpaired) electrons. The van der Waals surface area contributed by atoms with Crippen molar-refractivity contribution in [3.8, 4) is 74.0 Å². The minimum Gasteiger partial charge on any atom is -0.494 e. The van der Waals surface area contributed by atoms with Gasteiger partial charge in [-0.1, -0.05) is 405 Å². The average Bonchev–Trinajstić information content (AvgIpc) is 0.844. The lowest BCUT2D eigenvalue weighted by atomic mass is 10.0. The van der Waals surface area contributed by atoms with E-state index in [0.717, 1.165) is 111 Å². The smallest absolute Gasteiger partial charge is 0.343 e. The molecule has 0 bridgehead atoms. The van der Waals surface area contributed by atoms with Gasteiger partial charge >= 0.3 is 17.9 Å². The Balaban J connectivity index is 0.000000283. The van der Waals surface area contributed by atoms with Gasteiger partial charge in [0.05, 0.1) is 43.2 Å². The van der Waals surface area contributed by atoms with Crippen molar-refractivity contribution in [1.29, 1.82) is 0 Å². The number of nitrogens with zero attached hydrogens (tertiary/aromatic N) is 4. The Morgan fingerprint density at radius 1 is 0.218 bits per heavy atom. The Bertz CT molecular complexity index is 4600. The number of ether oxygens (including phenoxy) is 7. The maximum absolute atomic E-state index is 12.5. The van der Waals surface area contributed by atoms with Crippen molar-refractivity contribution in [1.82, 2.24) is 19.9 Å². The fourth-order valence-electron chi connectivity index (χ4n) is 16.7. The normalized spacial score (nSPS) is 10.8. The van der Waals surface area contributed by atoms with Crippen molar-refractivity contribution in [2.45, 2.75) is 421 Å². The minimum atomic E-state index is -0.375. The Labute approximate surface area is 860 Å². The molecule has 0 aliphatic carbocycles. The highest BCUT2D eigenvalue weighted by atomic mass is 16.5. The summed E-state index contributed by atoms with van der Waals surface area (Å²) in [5, 5.41) is 0. The summed E-state index contributed by atoms with van der Waals surface area (Å²) in [4.78, 5) is 54.6. The van der Waals surface area contributed by atoms with E-state index in [-0.39, 0.29) is 17.9 Å². The standard InChI is InChI=1S/C31H41NO.C31H46O4.C31H46O3.C30H46N2O2.C5H5N/c1-3-5-7-9-11-13-26-14-16-28(17-15-26)31-23-20-29(25-32-31)27-18-21-30(22-19-27)33-24-12-10-8-6-4-2;1-3-5-7-9-11-12-14-16-25-33-28-19-17-27(18-20-28)31(32)35-30-23-21-29(22-24-30)34-26-15-13-10-8-6-4-2;1-3-5-7-9-11-12-13-15-17-27-18-20-28(21-19-27)31(32)34-30-24-22-29(23-25-30)33-26-16-14-10-8-6-4-2;1-3-5-7-9-11-13-14-16-18-26-24-31-30(32-25-26)27-20-22-28(23-21-27)34-29(33)19-17-15-12-10-8-6-4-2;1-2-4-6-5-3-1/h14-23,25H,3-13,24H2,1-2H3;17-24H,3-16,25-26H2,1-2H3;18-25H,3-17,26H2,1-2H3;20-25H,3-19H2,1-2H3;1-5H. The van der Waals surface area contributed by atoms with E-state index in [1.165, 1.54) is 336 Å². The van der Waals surface area contributed by atoms with Crippen LogP contribution >= 0.6 is 0 Å². The third-order valence-corrected chi connectivity index (χ3v) is 25.7. The molecule has 0 spiro atoms.